The minimum absolute atomic E-state index is 0.0878. The van der Waals surface area contributed by atoms with E-state index in [2.05, 4.69) is 123 Å². The molecule has 1 amide bonds. The fourth-order valence-corrected chi connectivity index (χ4v) is 8.90. The lowest BCUT2D eigenvalue weighted by molar-refractivity contribution is -0.305. The van der Waals surface area contributed by atoms with Crippen LogP contribution < -0.4 is 5.32 Å². The summed E-state index contributed by atoms with van der Waals surface area (Å²) in [6.07, 6.45) is 65.2. The van der Waals surface area contributed by atoms with Crippen LogP contribution in [0, 0.1) is 0 Å². The van der Waals surface area contributed by atoms with Crippen LogP contribution in [0.1, 0.15) is 233 Å². The average molecular weight is 1100 g/mol. The summed E-state index contributed by atoms with van der Waals surface area (Å²) in [5.74, 6) is -1.28. The van der Waals surface area contributed by atoms with E-state index in [0.29, 0.717) is 12.8 Å². The Labute approximate surface area is 480 Å². The molecule has 0 aromatic rings. The molecule has 0 radical (unpaired) electrons. The van der Waals surface area contributed by atoms with Crippen molar-refractivity contribution in [2.75, 3.05) is 13.2 Å². The quantitative estimate of drug-likeness (QED) is 0.0195. The number of aliphatic hydroxyl groups is 5. The molecule has 0 aliphatic carbocycles. The van der Waals surface area contributed by atoms with Crippen LogP contribution in [0.4, 0.5) is 0 Å². The Morgan fingerprint density at radius 3 is 1.39 bits per heavy atom. The fraction of sp³-hybridized carbons (Fsp3) is 0.676. The van der Waals surface area contributed by atoms with Gasteiger partial charge in [-0.05, 0) is 109 Å². The van der Waals surface area contributed by atoms with Crippen molar-refractivity contribution in [2.45, 2.75) is 282 Å². The van der Waals surface area contributed by atoms with Crippen molar-refractivity contribution in [2.24, 2.45) is 0 Å². The summed E-state index contributed by atoms with van der Waals surface area (Å²) in [4.78, 5) is 26.5. The molecule has 1 fully saturated rings. The van der Waals surface area contributed by atoms with Gasteiger partial charge in [0.25, 0.3) is 0 Å². The second kappa shape index (κ2) is 54.6. The lowest BCUT2D eigenvalue weighted by Gasteiger charge is -2.41. The minimum Gasteiger partial charge on any atom is -0.454 e. The molecule has 11 nitrogen and oxygen atoms in total. The lowest BCUT2D eigenvalue weighted by Crippen LogP contribution is -2.61. The SMILES string of the molecule is CC/C=C\C/C=C\C/C=C\C/C=C\C/C=C\CCCCCCCC(=O)OC1C(OCC(NC(=O)C(O)CC/C=C\C/C=C\C/C=C\C/C=C\CCCCC)C(O)/C=C/CCCCCCCCCCCCC)OC(CO)C(O)C1O. The van der Waals surface area contributed by atoms with Crippen molar-refractivity contribution < 1.29 is 49.3 Å². The first kappa shape index (κ1) is 73.1. The van der Waals surface area contributed by atoms with Crippen LogP contribution >= 0.6 is 0 Å². The number of nitrogens with one attached hydrogen (secondary N) is 1. The number of aliphatic hydroxyl groups excluding tert-OH is 5. The zero-order valence-corrected chi connectivity index (χ0v) is 49.7. The van der Waals surface area contributed by atoms with Crippen molar-refractivity contribution in [3.8, 4) is 0 Å². The molecule has 0 saturated carbocycles. The van der Waals surface area contributed by atoms with Gasteiger partial charge in [0.15, 0.2) is 12.4 Å². The molecule has 8 unspecified atom stereocenters. The highest BCUT2D eigenvalue weighted by Gasteiger charge is 2.47. The van der Waals surface area contributed by atoms with Gasteiger partial charge in [-0.1, -0.05) is 239 Å². The topological polar surface area (TPSA) is 175 Å². The molecule has 6 N–H and O–H groups in total. The van der Waals surface area contributed by atoms with Gasteiger partial charge >= 0.3 is 5.97 Å². The van der Waals surface area contributed by atoms with E-state index in [0.717, 1.165) is 116 Å². The van der Waals surface area contributed by atoms with E-state index in [9.17, 15) is 35.1 Å². The maximum absolute atomic E-state index is 13.4. The Kier molecular flexibility index (Phi) is 50.5. The number of hydrogen-bond acceptors (Lipinski definition) is 10. The first-order valence-corrected chi connectivity index (χ1v) is 31.3. The Bertz CT molecular complexity index is 1740. The number of hydrogen-bond donors (Lipinski definition) is 6. The average Bonchev–Trinajstić information content (AvgIpc) is 3.49. The van der Waals surface area contributed by atoms with E-state index in [1.165, 1.54) is 70.6 Å². The van der Waals surface area contributed by atoms with Gasteiger partial charge in [0.2, 0.25) is 5.91 Å². The molecular formula is C68H113NO10. The predicted molar refractivity (Wildman–Crippen MR) is 328 cm³/mol. The second-order valence-electron chi connectivity index (χ2n) is 21.0. The van der Waals surface area contributed by atoms with Gasteiger partial charge in [-0.15, -0.1) is 0 Å². The standard InChI is InChI=1S/C68H113NO10/c1-4-7-10-13-16-19-22-25-27-29-30-31-32-33-35-38-41-44-47-50-53-56-63(73)79-66-65(75)64(74)62(57-70)78-68(66)77-58-59(60(71)54-51-48-45-42-39-36-24-21-18-15-12-9-6-3)69-67(76)61(72)55-52-49-46-43-40-37-34-28-26-23-20-17-14-11-8-5-2/h7,10,16-17,19-20,25-28,30-31,33,35,37,40,46,49,51,54,59-62,64-66,68,70-72,74-75H,4-6,8-9,11-15,18,21-24,29,32,34,36,38-39,41-45,47-48,50,52-53,55-58H2,1-3H3,(H,69,76)/b10-7-,19-16-,20-17-,27-25-,28-26-,31-30-,35-33-,40-37-,49-46-,54-51+. The van der Waals surface area contributed by atoms with Crippen LogP contribution in [0.5, 0.6) is 0 Å². The number of carbonyl (C=O) groups is 2. The molecule has 0 aromatic heterocycles. The van der Waals surface area contributed by atoms with E-state index in [1.54, 1.807) is 6.08 Å². The molecule has 11 heteroatoms. The van der Waals surface area contributed by atoms with Crippen LogP contribution in [0.15, 0.2) is 122 Å². The normalized spacial score (nSPS) is 19.7. The second-order valence-corrected chi connectivity index (χ2v) is 21.0. The van der Waals surface area contributed by atoms with Crippen LogP contribution in [0.25, 0.3) is 0 Å². The molecule has 0 spiro atoms. The Morgan fingerprint density at radius 1 is 0.506 bits per heavy atom. The number of amides is 1. The molecule has 1 saturated heterocycles. The molecule has 79 heavy (non-hydrogen) atoms. The van der Waals surface area contributed by atoms with Gasteiger partial charge in [0.05, 0.1) is 25.4 Å². The van der Waals surface area contributed by atoms with Crippen LogP contribution in [0.3, 0.4) is 0 Å². The van der Waals surface area contributed by atoms with Crippen molar-refractivity contribution in [1.29, 1.82) is 0 Å². The molecule has 1 aliphatic heterocycles. The summed E-state index contributed by atoms with van der Waals surface area (Å²) in [7, 11) is 0. The summed E-state index contributed by atoms with van der Waals surface area (Å²) in [6, 6.07) is -1.07. The third kappa shape index (κ3) is 42.6. The van der Waals surface area contributed by atoms with Crippen molar-refractivity contribution in [3.05, 3.63) is 122 Å². The summed E-state index contributed by atoms with van der Waals surface area (Å²) < 4.78 is 17.6. The van der Waals surface area contributed by atoms with Gasteiger partial charge in [-0.3, -0.25) is 9.59 Å². The Balaban J connectivity index is 2.74. The highest BCUT2D eigenvalue weighted by molar-refractivity contribution is 5.80. The fourth-order valence-electron chi connectivity index (χ4n) is 8.90. The van der Waals surface area contributed by atoms with Crippen molar-refractivity contribution in [1.82, 2.24) is 5.32 Å². The first-order valence-electron chi connectivity index (χ1n) is 31.3. The Hall–Kier alpha value is -3.94. The molecule has 1 aliphatic rings. The first-order chi connectivity index (χ1) is 38.7. The predicted octanol–water partition coefficient (Wildman–Crippen LogP) is 15.1. The van der Waals surface area contributed by atoms with Gasteiger partial charge in [0.1, 0.15) is 24.4 Å². The highest BCUT2D eigenvalue weighted by Crippen LogP contribution is 2.26. The van der Waals surface area contributed by atoms with E-state index in [1.807, 2.05) is 18.2 Å². The van der Waals surface area contributed by atoms with Crippen LogP contribution in [-0.2, 0) is 23.8 Å². The molecule has 8 atom stereocenters. The maximum Gasteiger partial charge on any atom is 0.306 e. The molecule has 450 valence electrons. The number of unbranched alkanes of at least 4 members (excludes halogenated alkanes) is 19. The Morgan fingerprint density at radius 2 is 0.911 bits per heavy atom. The van der Waals surface area contributed by atoms with E-state index in [4.69, 9.17) is 14.2 Å². The zero-order chi connectivity index (χ0) is 57.5. The number of ether oxygens (including phenoxy) is 3. The number of esters is 1. The van der Waals surface area contributed by atoms with Gasteiger partial charge in [0, 0.05) is 6.42 Å². The van der Waals surface area contributed by atoms with Crippen LogP contribution in [0.2, 0.25) is 0 Å². The van der Waals surface area contributed by atoms with E-state index >= 15 is 0 Å². The summed E-state index contributed by atoms with van der Waals surface area (Å²) in [6.45, 7) is 5.59. The van der Waals surface area contributed by atoms with Gasteiger partial charge in [-0.2, -0.15) is 0 Å². The molecule has 1 rings (SSSR count). The van der Waals surface area contributed by atoms with E-state index in [-0.39, 0.29) is 19.4 Å². The summed E-state index contributed by atoms with van der Waals surface area (Å²) >= 11 is 0. The highest BCUT2D eigenvalue weighted by atomic mass is 16.7. The number of rotatable bonds is 51. The molecule has 0 bridgehead atoms. The maximum atomic E-state index is 13.4. The summed E-state index contributed by atoms with van der Waals surface area (Å²) in [5.41, 5.74) is 0. The molecule has 0 aromatic carbocycles. The summed E-state index contributed by atoms with van der Waals surface area (Å²) in [5, 5.41) is 56.9. The third-order valence-corrected chi connectivity index (χ3v) is 13.9. The monoisotopic (exact) mass is 1100 g/mol. The zero-order valence-electron chi connectivity index (χ0n) is 49.7. The van der Waals surface area contributed by atoms with Crippen molar-refractivity contribution >= 4 is 11.9 Å². The minimum atomic E-state index is -1.64. The number of allylic oxidation sites excluding steroid dienone is 19. The van der Waals surface area contributed by atoms with Gasteiger partial charge < -0.3 is 45.1 Å². The lowest BCUT2D eigenvalue weighted by atomic mass is 9.99. The third-order valence-electron chi connectivity index (χ3n) is 13.9. The van der Waals surface area contributed by atoms with Crippen LogP contribution in [-0.4, -0.2) is 99.6 Å². The van der Waals surface area contributed by atoms with Crippen molar-refractivity contribution in [3.63, 3.8) is 0 Å². The molecule has 1 heterocycles. The van der Waals surface area contributed by atoms with E-state index < -0.39 is 67.4 Å². The molecular weight excluding hydrogens is 991 g/mol. The smallest absolute Gasteiger partial charge is 0.306 e. The van der Waals surface area contributed by atoms with Gasteiger partial charge in [-0.25, -0.2) is 0 Å². The number of carbonyl (C=O) groups excluding carboxylic acids is 2. The largest absolute Gasteiger partial charge is 0.454 e.